The Hall–Kier alpha value is -5.53. The molecule has 1 atom stereocenters. The third-order valence-electron chi connectivity index (χ3n) is 8.26. The van der Waals surface area contributed by atoms with Crippen molar-refractivity contribution in [1.82, 2.24) is 15.2 Å². The summed E-state index contributed by atoms with van der Waals surface area (Å²) in [6.45, 7) is 6.31. The van der Waals surface area contributed by atoms with E-state index in [9.17, 15) is 27.6 Å². The maximum absolute atomic E-state index is 14.5. The van der Waals surface area contributed by atoms with E-state index in [0.717, 1.165) is 19.3 Å². The van der Waals surface area contributed by atoms with Gasteiger partial charge >= 0.3 is 12.1 Å². The number of benzene rings is 3. The molecule has 0 bridgehead atoms. The molecule has 1 aromatic heterocycles. The summed E-state index contributed by atoms with van der Waals surface area (Å²) < 4.78 is 58.8. The number of likely N-dealkylation sites (tertiary alicyclic amines) is 1. The summed E-state index contributed by atoms with van der Waals surface area (Å²) in [6, 6.07) is 16.9. The number of fused-ring (bicyclic) bond motifs is 1. The molecule has 0 spiro atoms. The van der Waals surface area contributed by atoms with Gasteiger partial charge in [-0.25, -0.2) is 9.78 Å². The number of ether oxygens (including phenoxy) is 3. The number of pyridine rings is 1. The highest BCUT2D eigenvalue weighted by molar-refractivity contribution is 5.97. The monoisotopic (exact) mass is 707 g/mol. The molecule has 1 fully saturated rings. The van der Waals surface area contributed by atoms with Crippen LogP contribution in [0.3, 0.4) is 0 Å². The van der Waals surface area contributed by atoms with Gasteiger partial charge in [0.05, 0.1) is 12.7 Å². The number of aromatic nitrogens is 1. The van der Waals surface area contributed by atoms with Gasteiger partial charge in [0.1, 0.15) is 5.82 Å². The van der Waals surface area contributed by atoms with Crippen LogP contribution in [0.4, 0.5) is 24.7 Å². The number of piperidine rings is 1. The minimum Gasteiger partial charge on any atom is -0.490 e. The molecule has 51 heavy (non-hydrogen) atoms. The topological polar surface area (TPSA) is 145 Å². The lowest BCUT2D eigenvalue weighted by Crippen LogP contribution is -2.54. The average molecular weight is 708 g/mol. The van der Waals surface area contributed by atoms with Crippen molar-refractivity contribution in [2.75, 3.05) is 30.7 Å². The number of nitrogens with one attached hydrogen (secondary N) is 2. The first-order valence-corrected chi connectivity index (χ1v) is 16.6. The molecule has 4 aromatic rings. The maximum Gasteiger partial charge on any atom is 0.491 e. The Kier molecular flexibility index (Phi) is 11.2. The zero-order valence-corrected chi connectivity index (χ0v) is 28.5. The zero-order chi connectivity index (χ0) is 36.8. The summed E-state index contributed by atoms with van der Waals surface area (Å²) in [5.41, 5.74) is 3.84. The van der Waals surface area contributed by atoms with Crippen molar-refractivity contribution in [3.05, 3.63) is 89.6 Å². The Morgan fingerprint density at radius 3 is 2.41 bits per heavy atom. The summed E-state index contributed by atoms with van der Waals surface area (Å²) in [7, 11) is 0. The van der Waals surface area contributed by atoms with E-state index in [0.29, 0.717) is 35.0 Å². The maximum atomic E-state index is 14.5. The highest BCUT2D eigenvalue weighted by Gasteiger charge is 2.52. The molecule has 5 rings (SSSR count). The number of anilines is 2. The van der Waals surface area contributed by atoms with Crippen molar-refractivity contribution < 1.29 is 41.8 Å². The lowest BCUT2D eigenvalue weighted by atomic mass is 9.98. The lowest BCUT2D eigenvalue weighted by Gasteiger charge is -2.35. The Labute approximate surface area is 293 Å². The SMILES string of the molecule is CCOc1cc(C(Nc2ccc3c(N)nccc3c2)(OC(=O)C(F)(F)F)C(=O)NCc2ccccc2C(=O)N2CCCCC2)ccc1OC(C)C. The number of carbonyl (C=O) groups is 3. The van der Waals surface area contributed by atoms with Crippen LogP contribution in [0.5, 0.6) is 11.5 Å². The van der Waals surface area contributed by atoms with Crippen molar-refractivity contribution in [3.63, 3.8) is 0 Å². The molecular weight excluding hydrogens is 667 g/mol. The number of nitrogen functional groups attached to an aromatic ring is 1. The normalized spacial score (nSPS) is 14.5. The fourth-order valence-electron chi connectivity index (χ4n) is 5.87. The van der Waals surface area contributed by atoms with E-state index in [1.165, 1.54) is 36.5 Å². The fraction of sp³-hybridized carbons (Fsp3) is 0.351. The van der Waals surface area contributed by atoms with E-state index >= 15 is 0 Å². The zero-order valence-electron chi connectivity index (χ0n) is 28.5. The van der Waals surface area contributed by atoms with Gasteiger partial charge in [0, 0.05) is 48.0 Å². The van der Waals surface area contributed by atoms with Gasteiger partial charge in [-0.1, -0.05) is 18.2 Å². The smallest absolute Gasteiger partial charge is 0.490 e. The fourth-order valence-corrected chi connectivity index (χ4v) is 5.87. The Morgan fingerprint density at radius 2 is 1.71 bits per heavy atom. The van der Waals surface area contributed by atoms with Crippen molar-refractivity contribution in [2.45, 2.75) is 64.6 Å². The van der Waals surface area contributed by atoms with E-state index in [1.54, 1.807) is 62.1 Å². The number of amides is 2. The average Bonchev–Trinajstić information content (AvgIpc) is 3.10. The van der Waals surface area contributed by atoms with Gasteiger partial charge in [-0.3, -0.25) is 9.59 Å². The van der Waals surface area contributed by atoms with Crippen LogP contribution in [0.15, 0.2) is 72.9 Å². The first kappa shape index (κ1) is 36.7. The van der Waals surface area contributed by atoms with Crippen LogP contribution in [0.2, 0.25) is 0 Å². The first-order valence-electron chi connectivity index (χ1n) is 16.6. The molecular formula is C37H40F3N5O6. The van der Waals surface area contributed by atoms with Crippen LogP contribution in [-0.4, -0.2) is 59.6 Å². The number of carbonyl (C=O) groups excluding carboxylic acids is 3. The van der Waals surface area contributed by atoms with Gasteiger partial charge < -0.3 is 35.5 Å². The molecule has 1 unspecified atom stereocenters. The van der Waals surface area contributed by atoms with Gasteiger partial charge in [0.25, 0.3) is 17.5 Å². The van der Waals surface area contributed by atoms with E-state index in [2.05, 4.69) is 15.6 Å². The highest BCUT2D eigenvalue weighted by Crippen LogP contribution is 2.38. The molecule has 1 aliphatic heterocycles. The number of nitrogens with two attached hydrogens (primary N) is 1. The van der Waals surface area contributed by atoms with Crippen LogP contribution in [0.1, 0.15) is 61.5 Å². The largest absolute Gasteiger partial charge is 0.491 e. The summed E-state index contributed by atoms with van der Waals surface area (Å²) in [6.07, 6.45) is -1.57. The number of nitrogens with zero attached hydrogens (tertiary/aromatic N) is 2. The molecule has 14 heteroatoms. The second-order valence-corrected chi connectivity index (χ2v) is 12.3. The molecule has 0 radical (unpaired) electrons. The van der Waals surface area contributed by atoms with Crippen molar-refractivity contribution in [2.24, 2.45) is 0 Å². The predicted octanol–water partition coefficient (Wildman–Crippen LogP) is 6.32. The van der Waals surface area contributed by atoms with Gasteiger partial charge in [-0.15, -0.1) is 0 Å². The summed E-state index contributed by atoms with van der Waals surface area (Å²) in [5, 5.41) is 6.53. The highest BCUT2D eigenvalue weighted by atomic mass is 19.4. The van der Waals surface area contributed by atoms with Crippen LogP contribution in [-0.2, 0) is 26.6 Å². The van der Waals surface area contributed by atoms with E-state index in [1.807, 2.05) is 0 Å². The first-order chi connectivity index (χ1) is 24.3. The van der Waals surface area contributed by atoms with Gasteiger partial charge in [-0.2, -0.15) is 13.2 Å². The van der Waals surface area contributed by atoms with E-state index < -0.39 is 23.8 Å². The van der Waals surface area contributed by atoms with Crippen LogP contribution in [0, 0.1) is 0 Å². The minimum absolute atomic E-state index is 0.0977. The second kappa shape index (κ2) is 15.6. The molecule has 0 aliphatic carbocycles. The minimum atomic E-state index is -5.48. The molecule has 1 saturated heterocycles. The molecule has 4 N–H and O–H groups in total. The molecule has 2 heterocycles. The summed E-state index contributed by atoms with van der Waals surface area (Å²) in [5.74, 6) is -3.44. The van der Waals surface area contributed by atoms with Gasteiger partial charge in [-0.05, 0) is 99.5 Å². The van der Waals surface area contributed by atoms with Gasteiger partial charge in [0.2, 0.25) is 0 Å². The Bertz CT molecular complexity index is 1900. The van der Waals surface area contributed by atoms with Gasteiger partial charge in [0.15, 0.2) is 11.5 Å². The number of esters is 1. The molecule has 2 amide bonds. The summed E-state index contributed by atoms with van der Waals surface area (Å²) >= 11 is 0. The van der Waals surface area contributed by atoms with E-state index in [-0.39, 0.29) is 53.7 Å². The lowest BCUT2D eigenvalue weighted by molar-refractivity contribution is -0.213. The molecule has 0 saturated carbocycles. The number of halogens is 3. The van der Waals surface area contributed by atoms with Crippen LogP contribution >= 0.6 is 0 Å². The van der Waals surface area contributed by atoms with E-state index in [4.69, 9.17) is 19.9 Å². The van der Waals surface area contributed by atoms with Crippen LogP contribution < -0.4 is 25.8 Å². The third-order valence-corrected chi connectivity index (χ3v) is 8.26. The quantitative estimate of drug-likeness (QED) is 0.114. The number of hydrogen-bond donors (Lipinski definition) is 3. The molecule has 270 valence electrons. The van der Waals surface area contributed by atoms with Crippen molar-refractivity contribution >= 4 is 40.1 Å². The Balaban J connectivity index is 1.62. The number of alkyl halides is 3. The van der Waals surface area contributed by atoms with Crippen molar-refractivity contribution in [3.8, 4) is 11.5 Å². The third kappa shape index (κ3) is 8.44. The summed E-state index contributed by atoms with van der Waals surface area (Å²) in [4.78, 5) is 46.5. The molecule has 11 nitrogen and oxygen atoms in total. The predicted molar refractivity (Wildman–Crippen MR) is 185 cm³/mol. The molecule has 3 aromatic carbocycles. The molecule has 1 aliphatic rings. The standard InChI is InChI=1S/C37H40F3N5O6/c1-4-49-31-21-26(12-15-30(31)50-23(2)3)36(51-35(48)37(38,39)40,44-27-13-14-28-24(20-27)16-17-42-32(28)41)34(47)43-22-25-10-6-7-11-29(25)33(46)45-18-8-5-9-19-45/h6-7,10-17,20-21,23,44H,4-5,8-9,18-19,22H2,1-3H3,(H2,41,42)(H,43,47). The number of rotatable bonds is 12. The van der Waals surface area contributed by atoms with Crippen LogP contribution in [0.25, 0.3) is 10.8 Å². The van der Waals surface area contributed by atoms with Crippen molar-refractivity contribution in [1.29, 1.82) is 0 Å². The second-order valence-electron chi connectivity index (χ2n) is 12.3. The Morgan fingerprint density at radius 1 is 0.961 bits per heavy atom. The number of hydrogen-bond acceptors (Lipinski definition) is 9.